The predicted molar refractivity (Wildman–Crippen MR) is 103 cm³/mol. The first-order valence-corrected chi connectivity index (χ1v) is 8.62. The molecule has 0 radical (unpaired) electrons. The van der Waals surface area contributed by atoms with Crippen LogP contribution in [0.4, 0.5) is 11.4 Å². The summed E-state index contributed by atoms with van der Waals surface area (Å²) in [7, 11) is 0. The molecule has 2 heteroatoms. The summed E-state index contributed by atoms with van der Waals surface area (Å²) < 4.78 is 0. The van der Waals surface area contributed by atoms with Gasteiger partial charge in [-0.2, -0.15) is 0 Å². The van der Waals surface area contributed by atoms with Gasteiger partial charge in [0.1, 0.15) is 0 Å². The number of hydrogen-bond donors (Lipinski definition) is 0. The van der Waals surface area contributed by atoms with Crippen molar-refractivity contribution >= 4 is 22.8 Å². The maximum Gasteiger partial charge on any atom is 0.0671 e. The predicted octanol–water partition coefficient (Wildman–Crippen LogP) is 6.12. The van der Waals surface area contributed by atoms with E-state index < -0.39 is 0 Å². The molecule has 4 rings (SSSR count). The van der Waals surface area contributed by atoms with Gasteiger partial charge in [-0.3, -0.25) is 9.98 Å². The van der Waals surface area contributed by atoms with Crippen LogP contribution in [0.3, 0.4) is 0 Å². The average Bonchev–Trinajstić information content (AvgIpc) is 2.90. The van der Waals surface area contributed by atoms with Gasteiger partial charge < -0.3 is 0 Å². The van der Waals surface area contributed by atoms with Gasteiger partial charge in [0, 0.05) is 22.3 Å². The van der Waals surface area contributed by atoms with E-state index >= 15 is 0 Å². The molecular formula is C22H24N2. The lowest BCUT2D eigenvalue weighted by molar-refractivity contribution is 0.732. The average molecular weight is 316 g/mol. The summed E-state index contributed by atoms with van der Waals surface area (Å²) in [5.74, 6) is 0. The standard InChI is InChI=1S/C22H24N2/c1-13-21(3,4)17-11-15(7-9-19(17)23-13)16-8-10-20-18(12-16)22(5,6)14(2)24-20/h7-12H,1-6H3. The van der Waals surface area contributed by atoms with Crippen molar-refractivity contribution in [1.29, 1.82) is 0 Å². The Morgan fingerprint density at radius 1 is 0.625 bits per heavy atom. The lowest BCUT2D eigenvalue weighted by Gasteiger charge is -2.22. The summed E-state index contributed by atoms with van der Waals surface area (Å²) in [4.78, 5) is 9.46. The first-order valence-electron chi connectivity index (χ1n) is 8.62. The molecule has 2 nitrogen and oxygen atoms in total. The molecule has 2 heterocycles. The van der Waals surface area contributed by atoms with Gasteiger partial charge in [0.15, 0.2) is 0 Å². The second kappa shape index (κ2) is 4.66. The SMILES string of the molecule is CC1=Nc2ccc(-c3ccc4c(c3)C(C)(C)C(C)=N4)cc2C1(C)C. The highest BCUT2D eigenvalue weighted by molar-refractivity contribution is 6.01. The second-order valence-corrected chi connectivity index (χ2v) is 8.11. The molecule has 0 amide bonds. The molecule has 0 aromatic heterocycles. The topological polar surface area (TPSA) is 24.7 Å². The Labute approximate surface area is 144 Å². The van der Waals surface area contributed by atoms with Crippen LogP contribution in [0.1, 0.15) is 52.7 Å². The van der Waals surface area contributed by atoms with E-state index in [-0.39, 0.29) is 10.8 Å². The van der Waals surface area contributed by atoms with E-state index in [9.17, 15) is 0 Å². The highest BCUT2D eigenvalue weighted by Gasteiger charge is 2.34. The zero-order valence-electron chi connectivity index (χ0n) is 15.4. The molecule has 122 valence electrons. The molecule has 0 N–H and O–H groups in total. The van der Waals surface area contributed by atoms with Gasteiger partial charge in [-0.15, -0.1) is 0 Å². The van der Waals surface area contributed by atoms with Crippen LogP contribution in [-0.4, -0.2) is 11.4 Å². The largest absolute Gasteiger partial charge is 0.257 e. The third-order valence-electron chi connectivity index (χ3n) is 6.06. The van der Waals surface area contributed by atoms with Crippen LogP contribution in [0.5, 0.6) is 0 Å². The van der Waals surface area contributed by atoms with E-state index in [2.05, 4.69) is 77.9 Å². The van der Waals surface area contributed by atoms with Gasteiger partial charge >= 0.3 is 0 Å². The lowest BCUT2D eigenvalue weighted by Crippen LogP contribution is -2.23. The van der Waals surface area contributed by atoms with Crippen molar-refractivity contribution in [2.75, 3.05) is 0 Å². The minimum Gasteiger partial charge on any atom is -0.257 e. The van der Waals surface area contributed by atoms with Crippen molar-refractivity contribution in [1.82, 2.24) is 0 Å². The van der Waals surface area contributed by atoms with Crippen LogP contribution < -0.4 is 0 Å². The molecule has 24 heavy (non-hydrogen) atoms. The zero-order chi connectivity index (χ0) is 17.3. The van der Waals surface area contributed by atoms with Crippen molar-refractivity contribution in [2.24, 2.45) is 9.98 Å². The molecule has 0 unspecified atom stereocenters. The Morgan fingerprint density at radius 2 is 1.00 bits per heavy atom. The smallest absolute Gasteiger partial charge is 0.0671 e. The Hall–Kier alpha value is -2.22. The van der Waals surface area contributed by atoms with Crippen LogP contribution in [-0.2, 0) is 10.8 Å². The van der Waals surface area contributed by atoms with E-state index in [0.29, 0.717) is 0 Å². The molecule has 0 aliphatic carbocycles. The molecule has 0 bridgehead atoms. The number of aliphatic imine (C=N–C) groups is 2. The highest BCUT2D eigenvalue weighted by Crippen LogP contribution is 2.44. The Bertz CT molecular complexity index is 849. The maximum absolute atomic E-state index is 4.73. The Morgan fingerprint density at radius 3 is 1.38 bits per heavy atom. The summed E-state index contributed by atoms with van der Waals surface area (Å²) in [6, 6.07) is 13.3. The van der Waals surface area contributed by atoms with Crippen molar-refractivity contribution < 1.29 is 0 Å². The van der Waals surface area contributed by atoms with Gasteiger partial charge in [-0.05, 0) is 60.4 Å². The van der Waals surface area contributed by atoms with Crippen LogP contribution >= 0.6 is 0 Å². The van der Waals surface area contributed by atoms with E-state index in [0.717, 1.165) is 11.4 Å². The summed E-state index contributed by atoms with van der Waals surface area (Å²) in [6.45, 7) is 13.3. The van der Waals surface area contributed by atoms with E-state index in [1.54, 1.807) is 0 Å². The van der Waals surface area contributed by atoms with Crippen molar-refractivity contribution in [3.63, 3.8) is 0 Å². The number of fused-ring (bicyclic) bond motifs is 2. The molecule has 2 aromatic carbocycles. The van der Waals surface area contributed by atoms with Crippen molar-refractivity contribution in [3.8, 4) is 11.1 Å². The van der Waals surface area contributed by atoms with Crippen molar-refractivity contribution in [3.05, 3.63) is 47.5 Å². The molecule has 0 saturated heterocycles. The number of benzene rings is 2. The van der Waals surface area contributed by atoms with Crippen molar-refractivity contribution in [2.45, 2.75) is 52.4 Å². The summed E-state index contributed by atoms with van der Waals surface area (Å²) in [5.41, 5.74) is 9.80. The van der Waals surface area contributed by atoms with Crippen LogP contribution in [0.2, 0.25) is 0 Å². The van der Waals surface area contributed by atoms with Gasteiger partial charge in [0.05, 0.1) is 11.4 Å². The minimum absolute atomic E-state index is 0.0149. The van der Waals surface area contributed by atoms with E-state index in [1.807, 2.05) is 0 Å². The monoisotopic (exact) mass is 316 g/mol. The fraction of sp³-hybridized carbons (Fsp3) is 0.364. The normalized spacial score (nSPS) is 19.6. The Balaban J connectivity index is 1.82. The van der Waals surface area contributed by atoms with E-state index in [1.165, 1.54) is 33.7 Å². The first kappa shape index (κ1) is 15.3. The summed E-state index contributed by atoms with van der Waals surface area (Å²) >= 11 is 0. The highest BCUT2D eigenvalue weighted by atomic mass is 14.8. The summed E-state index contributed by atoms with van der Waals surface area (Å²) in [6.07, 6.45) is 0. The molecule has 2 aliphatic rings. The van der Waals surface area contributed by atoms with E-state index in [4.69, 9.17) is 9.98 Å². The van der Waals surface area contributed by atoms with Gasteiger partial charge in [0.2, 0.25) is 0 Å². The van der Waals surface area contributed by atoms with Crippen LogP contribution in [0.25, 0.3) is 11.1 Å². The lowest BCUT2D eigenvalue weighted by atomic mass is 9.79. The second-order valence-electron chi connectivity index (χ2n) is 8.11. The fourth-order valence-electron chi connectivity index (χ4n) is 3.66. The fourth-order valence-corrected chi connectivity index (χ4v) is 3.66. The van der Waals surface area contributed by atoms with Gasteiger partial charge in [-0.25, -0.2) is 0 Å². The van der Waals surface area contributed by atoms with Crippen LogP contribution in [0, 0.1) is 0 Å². The molecule has 0 atom stereocenters. The third-order valence-corrected chi connectivity index (χ3v) is 6.06. The number of rotatable bonds is 1. The molecule has 0 spiro atoms. The maximum atomic E-state index is 4.73. The molecular weight excluding hydrogens is 292 g/mol. The first-order chi connectivity index (χ1) is 11.2. The molecule has 2 aliphatic heterocycles. The van der Waals surface area contributed by atoms with Gasteiger partial charge in [-0.1, -0.05) is 39.8 Å². The third kappa shape index (κ3) is 1.95. The quantitative estimate of drug-likeness (QED) is 0.605. The molecule has 2 aromatic rings. The van der Waals surface area contributed by atoms with Gasteiger partial charge in [0.25, 0.3) is 0 Å². The zero-order valence-corrected chi connectivity index (χ0v) is 15.4. The molecule has 0 fully saturated rings. The number of hydrogen-bond acceptors (Lipinski definition) is 2. The molecule has 0 saturated carbocycles. The van der Waals surface area contributed by atoms with Crippen LogP contribution in [0.15, 0.2) is 46.4 Å². The number of nitrogens with zero attached hydrogens (tertiary/aromatic N) is 2. The minimum atomic E-state index is 0.0149. The Kier molecular flexibility index (Phi) is 2.97. The summed E-state index contributed by atoms with van der Waals surface area (Å²) in [5, 5.41) is 0.